The van der Waals surface area contributed by atoms with Gasteiger partial charge < -0.3 is 10.1 Å². The smallest absolute Gasteiger partial charge is 0.119 e. The van der Waals surface area contributed by atoms with Crippen LogP contribution in [0.4, 0.5) is 4.39 Å². The Morgan fingerprint density at radius 2 is 1.51 bits per heavy atom. The third-order valence-corrected chi connectivity index (χ3v) is 22.4. The number of fused-ring (bicyclic) bond motifs is 3. The van der Waals surface area contributed by atoms with E-state index in [4.69, 9.17) is 4.74 Å². The minimum Gasteiger partial charge on any atom is -0.375 e. The second kappa shape index (κ2) is 23.5. The van der Waals surface area contributed by atoms with E-state index < -0.39 is 0 Å². The van der Waals surface area contributed by atoms with Crippen LogP contribution in [0, 0.1) is 70.5 Å². The van der Waals surface area contributed by atoms with Gasteiger partial charge in [0.05, 0.1) is 12.2 Å². The third kappa shape index (κ3) is 10.8. The van der Waals surface area contributed by atoms with Crippen molar-refractivity contribution in [3.05, 3.63) is 169 Å². The largest absolute Gasteiger partial charge is 0.375 e. The topological polar surface area (TPSA) is 24.5 Å². The van der Waals surface area contributed by atoms with Crippen LogP contribution in [0.5, 0.6) is 0 Å². The van der Waals surface area contributed by atoms with Gasteiger partial charge in [-0.25, -0.2) is 4.39 Å². The van der Waals surface area contributed by atoms with Crippen LogP contribution in [-0.2, 0) is 4.74 Å². The van der Waals surface area contributed by atoms with E-state index in [2.05, 4.69) is 127 Å². The lowest BCUT2D eigenvalue weighted by molar-refractivity contribution is -0.0656. The maximum Gasteiger partial charge on any atom is 0.119 e. The molecule has 1 N–H and O–H groups in total. The maximum atomic E-state index is 15.0. The van der Waals surface area contributed by atoms with E-state index in [0.29, 0.717) is 71.6 Å². The van der Waals surface area contributed by atoms with Gasteiger partial charge in [-0.3, -0.25) is 4.90 Å². The van der Waals surface area contributed by atoms with Crippen molar-refractivity contribution < 1.29 is 9.13 Å². The molecule has 12 rings (SSSR count). The Hall–Kier alpha value is -3.99. The third-order valence-electron chi connectivity index (χ3n) is 22.4. The van der Waals surface area contributed by atoms with Crippen LogP contribution >= 0.6 is 0 Å². The van der Waals surface area contributed by atoms with Crippen molar-refractivity contribution in [1.29, 1.82) is 0 Å². The fourth-order valence-electron chi connectivity index (χ4n) is 18.8. The normalized spacial score (nSPS) is 41.6. The molecule has 4 heteroatoms. The summed E-state index contributed by atoms with van der Waals surface area (Å²) in [4.78, 5) is 3.05. The van der Waals surface area contributed by atoms with E-state index in [-0.39, 0.29) is 17.3 Å². The van der Waals surface area contributed by atoms with Crippen molar-refractivity contribution in [1.82, 2.24) is 10.2 Å². The number of halogens is 1. The Morgan fingerprint density at radius 3 is 2.24 bits per heavy atom. The summed E-state index contributed by atoms with van der Waals surface area (Å²) in [5.74, 6) is 7.14. The minimum atomic E-state index is -0.0467. The van der Waals surface area contributed by atoms with E-state index in [1.54, 1.807) is 5.57 Å². The molecule has 0 amide bonds. The molecule has 13 unspecified atom stereocenters. The summed E-state index contributed by atoms with van der Waals surface area (Å²) in [6, 6.07) is 1.35. The molecular weight excluding hydrogens is 916 g/mol. The average molecular weight is 1010 g/mol. The average Bonchev–Trinajstić information content (AvgIpc) is 3.77. The first kappa shape index (κ1) is 51.7. The quantitative estimate of drug-likeness (QED) is 0.176. The van der Waals surface area contributed by atoms with Crippen molar-refractivity contribution in [2.24, 2.45) is 70.5 Å². The number of hydrogen-bond acceptors (Lipinski definition) is 3. The molecule has 0 saturated heterocycles. The summed E-state index contributed by atoms with van der Waals surface area (Å²) >= 11 is 0. The molecule has 0 aromatic heterocycles. The van der Waals surface area contributed by atoms with E-state index >= 15 is 0 Å². The summed E-state index contributed by atoms with van der Waals surface area (Å²) < 4.78 is 21.9. The highest BCUT2D eigenvalue weighted by atomic mass is 19.1. The van der Waals surface area contributed by atoms with Crippen molar-refractivity contribution >= 4 is 0 Å². The van der Waals surface area contributed by atoms with E-state index in [9.17, 15) is 4.39 Å². The summed E-state index contributed by atoms with van der Waals surface area (Å²) in [7, 11) is 0. The zero-order chi connectivity index (χ0) is 50.7. The molecule has 0 heterocycles. The lowest BCUT2D eigenvalue weighted by Gasteiger charge is -2.55. The summed E-state index contributed by atoms with van der Waals surface area (Å²) in [6.07, 6.45) is 79.9. The predicted molar refractivity (Wildman–Crippen MR) is 311 cm³/mol. The van der Waals surface area contributed by atoms with Crippen LogP contribution in [-0.4, -0.2) is 35.2 Å². The highest BCUT2D eigenvalue weighted by molar-refractivity contribution is 5.35. The molecule has 4 fully saturated rings. The van der Waals surface area contributed by atoms with Crippen LogP contribution in [0.15, 0.2) is 169 Å². The van der Waals surface area contributed by atoms with E-state index in [0.717, 1.165) is 62.7 Å². The zero-order valence-electron chi connectivity index (χ0n) is 45.8. The molecule has 0 aromatic rings. The van der Waals surface area contributed by atoms with Crippen LogP contribution in [0.25, 0.3) is 0 Å². The highest BCUT2D eigenvalue weighted by Crippen LogP contribution is 2.70. The molecule has 13 atom stereocenters. The lowest BCUT2D eigenvalue weighted by atomic mass is 9.51. The monoisotopic (exact) mass is 1010 g/mol. The Labute approximate surface area is 453 Å². The van der Waals surface area contributed by atoms with Gasteiger partial charge in [0.15, 0.2) is 0 Å². The Morgan fingerprint density at radius 1 is 0.653 bits per heavy atom. The van der Waals surface area contributed by atoms with Crippen LogP contribution in [0.1, 0.15) is 167 Å². The number of hydrogen-bond donors (Lipinski definition) is 1. The lowest BCUT2D eigenvalue weighted by Crippen LogP contribution is -2.54. The first-order valence-corrected chi connectivity index (χ1v) is 31.3. The standard InChI is InChI=1S/C71H93FN2O/c1-3-49-22-26-51(27-23-49)54-30-45-70(73-59-18-9-6-10-19-59)67(47-54)55-15-13-14-53(46-55)52-28-35-60(36-29-52)74(61-37-33-58(72)34-38-61)62-39-44-66-65-20-11-12-21-68(65)71(69(66)48-62,56-16-7-5-8-17-56)57-31-42-64(43-32-57)75-63-40-24-50(4-2)25-41-63/h3-7,9,11,13-14,16,18,20,22,24,26,33-34,37,45-46,49,51-52,54-55,57,60-69,73H,1-2,8,10,12,15,17,19,21,23,25,27-32,35-36,38-44,47-48H2. The molecule has 3 nitrogen and oxygen atoms in total. The fourth-order valence-corrected chi connectivity index (χ4v) is 18.8. The zero-order valence-corrected chi connectivity index (χ0v) is 45.8. The molecule has 0 aromatic carbocycles. The van der Waals surface area contributed by atoms with Gasteiger partial charge in [0, 0.05) is 40.9 Å². The van der Waals surface area contributed by atoms with Crippen LogP contribution in [0.2, 0.25) is 0 Å². The number of nitrogens with one attached hydrogen (secondary N) is 1. The van der Waals surface area contributed by atoms with E-state index in [1.165, 1.54) is 139 Å². The summed E-state index contributed by atoms with van der Waals surface area (Å²) in [5.41, 5.74) is 7.96. The number of allylic oxidation sites excluding steroid dienone is 23. The first-order valence-electron chi connectivity index (χ1n) is 31.3. The molecule has 0 spiro atoms. The Bertz CT molecular complexity index is 2450. The second-order valence-corrected chi connectivity index (χ2v) is 26.0. The van der Waals surface area contributed by atoms with Crippen molar-refractivity contribution in [2.75, 3.05) is 0 Å². The first-order chi connectivity index (χ1) is 36.9. The van der Waals surface area contributed by atoms with Gasteiger partial charge in [-0.05, 0) is 250 Å². The highest BCUT2D eigenvalue weighted by Gasteiger charge is 2.65. The molecule has 0 aliphatic heterocycles. The van der Waals surface area contributed by atoms with Crippen molar-refractivity contribution in [3.8, 4) is 0 Å². The van der Waals surface area contributed by atoms with Crippen LogP contribution in [0.3, 0.4) is 0 Å². The Kier molecular flexibility index (Phi) is 16.2. The SMILES string of the molecule is C=CC1=CCC(OC2CCC(C3(C4=CC=CCC4)C4CCC=CC4C4CCC(N(C5C=CC(F)=CC5)C5CCC(C6=CC(C7CC(C8C=CC(C=C)CC8)CC=C7NC7=CC=CCC7)CC=C6)CC5)CC43)CC2)CC1. The van der Waals surface area contributed by atoms with E-state index in [1.807, 2.05) is 23.8 Å². The molecule has 4 saturated carbocycles. The number of ether oxygens (including phenoxy) is 1. The molecule has 0 bridgehead atoms. The second-order valence-electron chi connectivity index (χ2n) is 26.0. The molecule has 12 aliphatic carbocycles. The van der Waals surface area contributed by atoms with Gasteiger partial charge in [-0.2, -0.15) is 0 Å². The number of rotatable bonds is 14. The summed E-state index contributed by atoms with van der Waals surface area (Å²) in [5, 5.41) is 4.04. The van der Waals surface area contributed by atoms with Crippen molar-refractivity contribution in [3.63, 3.8) is 0 Å². The number of nitrogens with zero attached hydrogens (tertiary/aromatic N) is 1. The molecule has 12 aliphatic rings. The molecule has 0 radical (unpaired) electrons. The molecule has 75 heavy (non-hydrogen) atoms. The summed E-state index contributed by atoms with van der Waals surface area (Å²) in [6.45, 7) is 8.16. The van der Waals surface area contributed by atoms with Gasteiger partial charge >= 0.3 is 0 Å². The van der Waals surface area contributed by atoms with Gasteiger partial charge in [0.25, 0.3) is 0 Å². The van der Waals surface area contributed by atoms with Gasteiger partial charge in [0.2, 0.25) is 0 Å². The molecule has 400 valence electrons. The van der Waals surface area contributed by atoms with Crippen LogP contribution < -0.4 is 5.32 Å². The van der Waals surface area contributed by atoms with Gasteiger partial charge in [0.1, 0.15) is 5.83 Å². The Balaban J connectivity index is 0.780. The van der Waals surface area contributed by atoms with Gasteiger partial charge in [-0.1, -0.05) is 121 Å². The fraction of sp³-hybridized carbons (Fsp3) is 0.606. The predicted octanol–water partition coefficient (Wildman–Crippen LogP) is 17.9. The maximum absolute atomic E-state index is 15.0. The minimum absolute atomic E-state index is 0.0467. The van der Waals surface area contributed by atoms with Gasteiger partial charge in [-0.15, -0.1) is 6.58 Å². The molecular formula is C71H93FN2O. The van der Waals surface area contributed by atoms with Crippen molar-refractivity contribution in [2.45, 2.75) is 197 Å².